The zero-order valence-electron chi connectivity index (χ0n) is 12.0. The van der Waals surface area contributed by atoms with Gasteiger partial charge in [-0.25, -0.2) is 4.79 Å². The van der Waals surface area contributed by atoms with Gasteiger partial charge in [0.1, 0.15) is 5.75 Å². The number of carbonyl (C=O) groups excluding carboxylic acids is 1. The summed E-state index contributed by atoms with van der Waals surface area (Å²) >= 11 is 0. The minimum Gasteiger partial charge on any atom is -0.484 e. The Kier molecular flexibility index (Phi) is 6.56. The van der Waals surface area contributed by atoms with E-state index in [9.17, 15) is 9.59 Å². The van der Waals surface area contributed by atoms with E-state index in [1.54, 1.807) is 17.0 Å². The molecule has 0 aliphatic rings. The Morgan fingerprint density at radius 3 is 2.10 bits per heavy atom. The number of carbonyl (C=O) groups is 2. The number of nitrogens with zero attached hydrogens (tertiary/aromatic N) is 1. The quantitative estimate of drug-likeness (QED) is 0.793. The first-order chi connectivity index (χ1) is 9.58. The molecular weight excluding hydrogens is 258 g/mol. The van der Waals surface area contributed by atoms with Crippen molar-refractivity contribution in [2.24, 2.45) is 0 Å². The zero-order chi connectivity index (χ0) is 15.0. The summed E-state index contributed by atoms with van der Waals surface area (Å²) in [6.07, 6.45) is 1.83. The van der Waals surface area contributed by atoms with Crippen molar-refractivity contribution in [2.45, 2.75) is 26.7 Å². The molecule has 0 bridgehead atoms. The van der Waals surface area contributed by atoms with Crippen molar-refractivity contribution in [3.63, 3.8) is 0 Å². The summed E-state index contributed by atoms with van der Waals surface area (Å²) in [5.41, 5.74) is 0.197. The number of aromatic carboxylic acids is 1. The van der Waals surface area contributed by atoms with Crippen molar-refractivity contribution in [3.8, 4) is 5.75 Å². The van der Waals surface area contributed by atoms with Crippen molar-refractivity contribution >= 4 is 11.9 Å². The Morgan fingerprint density at radius 1 is 1.10 bits per heavy atom. The number of benzene rings is 1. The van der Waals surface area contributed by atoms with Crippen LogP contribution in [0, 0.1) is 0 Å². The van der Waals surface area contributed by atoms with Crippen LogP contribution in [0.3, 0.4) is 0 Å². The first kappa shape index (κ1) is 16.0. The van der Waals surface area contributed by atoms with Crippen molar-refractivity contribution in [1.29, 1.82) is 0 Å². The van der Waals surface area contributed by atoms with Gasteiger partial charge in [-0.1, -0.05) is 13.8 Å². The summed E-state index contributed by atoms with van der Waals surface area (Å²) in [5.74, 6) is -0.531. The van der Waals surface area contributed by atoms with Gasteiger partial charge in [-0.15, -0.1) is 0 Å². The molecule has 1 rings (SSSR count). The lowest BCUT2D eigenvalue weighted by molar-refractivity contribution is -0.133. The largest absolute Gasteiger partial charge is 0.484 e. The van der Waals surface area contributed by atoms with Gasteiger partial charge >= 0.3 is 5.97 Å². The molecule has 0 heterocycles. The fourth-order valence-corrected chi connectivity index (χ4v) is 1.83. The maximum atomic E-state index is 12.0. The first-order valence-electron chi connectivity index (χ1n) is 6.82. The lowest BCUT2D eigenvalue weighted by atomic mass is 10.2. The van der Waals surface area contributed by atoms with Crippen LogP contribution >= 0.6 is 0 Å². The van der Waals surface area contributed by atoms with Crippen molar-refractivity contribution in [3.05, 3.63) is 29.8 Å². The van der Waals surface area contributed by atoms with E-state index in [-0.39, 0.29) is 18.1 Å². The number of carboxylic acid groups (broad SMARTS) is 1. The summed E-state index contributed by atoms with van der Waals surface area (Å²) in [6.45, 7) is 5.50. The van der Waals surface area contributed by atoms with E-state index in [1.165, 1.54) is 12.1 Å². The number of carboxylic acids is 1. The normalized spacial score (nSPS) is 10.1. The topological polar surface area (TPSA) is 66.8 Å². The average Bonchev–Trinajstić information content (AvgIpc) is 2.45. The van der Waals surface area contributed by atoms with Gasteiger partial charge < -0.3 is 14.7 Å². The monoisotopic (exact) mass is 279 g/mol. The van der Waals surface area contributed by atoms with Crippen LogP contribution in [0.15, 0.2) is 24.3 Å². The molecule has 0 saturated carbocycles. The molecule has 0 fully saturated rings. The van der Waals surface area contributed by atoms with Crippen LogP contribution in [0.2, 0.25) is 0 Å². The van der Waals surface area contributed by atoms with Gasteiger partial charge in [0.25, 0.3) is 5.91 Å². The molecule has 1 aromatic rings. The van der Waals surface area contributed by atoms with Crippen LogP contribution in [-0.4, -0.2) is 41.6 Å². The van der Waals surface area contributed by atoms with E-state index in [0.717, 1.165) is 25.9 Å². The SMILES string of the molecule is CCCN(CCC)C(=O)COc1ccc(C(=O)O)cc1. The van der Waals surface area contributed by atoms with E-state index in [4.69, 9.17) is 9.84 Å². The number of hydrogen-bond donors (Lipinski definition) is 1. The molecule has 0 unspecified atom stereocenters. The standard InChI is InChI=1S/C15H21NO4/c1-3-9-16(10-4-2)14(17)11-20-13-7-5-12(6-8-13)15(18)19/h5-8H,3-4,9-11H2,1-2H3,(H,18,19). The maximum absolute atomic E-state index is 12.0. The van der Waals surface area contributed by atoms with Gasteiger partial charge in [-0.3, -0.25) is 4.79 Å². The molecular formula is C15H21NO4. The predicted molar refractivity (Wildman–Crippen MR) is 76.1 cm³/mol. The highest BCUT2D eigenvalue weighted by atomic mass is 16.5. The van der Waals surface area contributed by atoms with Crippen LogP contribution < -0.4 is 4.74 Å². The van der Waals surface area contributed by atoms with E-state index < -0.39 is 5.97 Å². The molecule has 5 heteroatoms. The highest BCUT2D eigenvalue weighted by molar-refractivity contribution is 5.87. The fourth-order valence-electron chi connectivity index (χ4n) is 1.83. The molecule has 0 atom stereocenters. The molecule has 20 heavy (non-hydrogen) atoms. The molecule has 110 valence electrons. The Hall–Kier alpha value is -2.04. The van der Waals surface area contributed by atoms with E-state index >= 15 is 0 Å². The number of ether oxygens (including phenoxy) is 1. The molecule has 0 radical (unpaired) electrons. The number of amides is 1. The molecule has 1 N–H and O–H groups in total. The van der Waals surface area contributed by atoms with E-state index in [2.05, 4.69) is 0 Å². The van der Waals surface area contributed by atoms with Crippen LogP contribution in [0.5, 0.6) is 5.75 Å². The third-order valence-electron chi connectivity index (χ3n) is 2.80. The number of hydrogen-bond acceptors (Lipinski definition) is 3. The molecule has 5 nitrogen and oxygen atoms in total. The minimum absolute atomic E-state index is 0.0214. The Bertz CT molecular complexity index is 436. The summed E-state index contributed by atoms with van der Waals surface area (Å²) in [7, 11) is 0. The molecule has 0 spiro atoms. The van der Waals surface area contributed by atoms with Crippen molar-refractivity contribution in [1.82, 2.24) is 4.90 Å². The Morgan fingerprint density at radius 2 is 1.65 bits per heavy atom. The molecule has 0 saturated heterocycles. The van der Waals surface area contributed by atoms with Crippen LogP contribution in [0.1, 0.15) is 37.0 Å². The Balaban J connectivity index is 2.52. The third-order valence-corrected chi connectivity index (χ3v) is 2.80. The molecule has 1 aromatic carbocycles. The average molecular weight is 279 g/mol. The van der Waals surface area contributed by atoms with Gasteiger partial charge in [0.2, 0.25) is 0 Å². The fraction of sp³-hybridized carbons (Fsp3) is 0.467. The molecule has 0 aromatic heterocycles. The minimum atomic E-state index is -0.982. The lowest BCUT2D eigenvalue weighted by Crippen LogP contribution is -2.36. The van der Waals surface area contributed by atoms with Crippen LogP contribution in [0.25, 0.3) is 0 Å². The molecule has 1 amide bonds. The van der Waals surface area contributed by atoms with Gasteiger partial charge in [0.05, 0.1) is 5.56 Å². The summed E-state index contributed by atoms with van der Waals surface area (Å²) in [4.78, 5) is 24.5. The summed E-state index contributed by atoms with van der Waals surface area (Å²) in [6, 6.07) is 6.03. The zero-order valence-corrected chi connectivity index (χ0v) is 12.0. The summed E-state index contributed by atoms with van der Waals surface area (Å²) < 4.78 is 5.39. The van der Waals surface area contributed by atoms with Gasteiger partial charge in [-0.05, 0) is 37.1 Å². The second kappa shape index (κ2) is 8.19. The molecule has 0 aliphatic heterocycles. The van der Waals surface area contributed by atoms with Crippen molar-refractivity contribution in [2.75, 3.05) is 19.7 Å². The van der Waals surface area contributed by atoms with Crippen LogP contribution in [-0.2, 0) is 4.79 Å². The highest BCUT2D eigenvalue weighted by Crippen LogP contribution is 2.12. The van der Waals surface area contributed by atoms with Gasteiger partial charge in [-0.2, -0.15) is 0 Å². The summed E-state index contributed by atoms with van der Waals surface area (Å²) in [5, 5.41) is 8.78. The predicted octanol–water partition coefficient (Wildman–Crippen LogP) is 2.41. The first-order valence-corrected chi connectivity index (χ1v) is 6.82. The van der Waals surface area contributed by atoms with Gasteiger partial charge in [0.15, 0.2) is 6.61 Å². The lowest BCUT2D eigenvalue weighted by Gasteiger charge is -2.21. The molecule has 0 aliphatic carbocycles. The van der Waals surface area contributed by atoms with E-state index in [1.807, 2.05) is 13.8 Å². The second-order valence-corrected chi connectivity index (χ2v) is 4.50. The highest BCUT2D eigenvalue weighted by Gasteiger charge is 2.12. The van der Waals surface area contributed by atoms with Crippen LogP contribution in [0.4, 0.5) is 0 Å². The van der Waals surface area contributed by atoms with Crippen molar-refractivity contribution < 1.29 is 19.4 Å². The van der Waals surface area contributed by atoms with Gasteiger partial charge in [0, 0.05) is 13.1 Å². The Labute approximate surface area is 119 Å². The van der Waals surface area contributed by atoms with E-state index in [0.29, 0.717) is 5.75 Å². The maximum Gasteiger partial charge on any atom is 0.335 e. The number of rotatable bonds is 8. The third kappa shape index (κ3) is 4.91. The smallest absolute Gasteiger partial charge is 0.335 e. The second-order valence-electron chi connectivity index (χ2n) is 4.50.